The molecule has 1 aliphatic heterocycles. The zero-order valence-corrected chi connectivity index (χ0v) is 9.91. The monoisotopic (exact) mass is 226 g/mol. The Morgan fingerprint density at radius 3 is 3.27 bits per heavy atom. The molecule has 0 bridgehead atoms. The molecule has 3 nitrogen and oxygen atoms in total. The summed E-state index contributed by atoms with van der Waals surface area (Å²) in [6.07, 6.45) is 4.22. The van der Waals surface area contributed by atoms with Gasteiger partial charge in [0.2, 0.25) is 0 Å². The second kappa shape index (κ2) is 5.05. The second-order valence-electron chi connectivity index (χ2n) is 4.23. The predicted molar refractivity (Wildman–Crippen MR) is 61.9 cm³/mol. The van der Waals surface area contributed by atoms with Crippen LogP contribution in [0.25, 0.3) is 0 Å². The van der Waals surface area contributed by atoms with Gasteiger partial charge in [0, 0.05) is 24.7 Å². The van der Waals surface area contributed by atoms with Crippen LogP contribution in [0.1, 0.15) is 30.8 Å². The highest BCUT2D eigenvalue weighted by molar-refractivity contribution is 7.09. The Labute approximate surface area is 94.8 Å². The van der Waals surface area contributed by atoms with Gasteiger partial charge in [-0.2, -0.15) is 0 Å². The summed E-state index contributed by atoms with van der Waals surface area (Å²) >= 11 is 1.72. The minimum Gasteiger partial charge on any atom is -0.396 e. The van der Waals surface area contributed by atoms with Crippen LogP contribution in [-0.4, -0.2) is 34.7 Å². The van der Waals surface area contributed by atoms with E-state index >= 15 is 0 Å². The van der Waals surface area contributed by atoms with Gasteiger partial charge in [-0.15, -0.1) is 11.3 Å². The largest absolute Gasteiger partial charge is 0.396 e. The molecule has 0 aliphatic carbocycles. The normalized spacial score (nSPS) is 25.3. The molecule has 4 heteroatoms. The Bertz CT molecular complexity index is 289. The van der Waals surface area contributed by atoms with Crippen LogP contribution in [0, 0.1) is 5.92 Å². The molecule has 1 aromatic heterocycles. The molecule has 2 heterocycles. The molecule has 84 valence electrons. The van der Waals surface area contributed by atoms with Crippen molar-refractivity contribution in [2.24, 2.45) is 5.92 Å². The van der Waals surface area contributed by atoms with Crippen molar-refractivity contribution in [1.82, 2.24) is 9.88 Å². The number of aliphatic hydroxyl groups excluding tert-OH is 1. The summed E-state index contributed by atoms with van der Waals surface area (Å²) in [5.41, 5.74) is 0. The number of aliphatic hydroxyl groups is 1. The smallest absolute Gasteiger partial charge is 0.109 e. The van der Waals surface area contributed by atoms with Gasteiger partial charge < -0.3 is 5.11 Å². The summed E-state index contributed by atoms with van der Waals surface area (Å²) in [5, 5.41) is 12.4. The summed E-state index contributed by atoms with van der Waals surface area (Å²) in [7, 11) is 0. The maximum absolute atomic E-state index is 9.18. The molecule has 0 radical (unpaired) electrons. The van der Waals surface area contributed by atoms with Crippen LogP contribution in [0.2, 0.25) is 0 Å². The van der Waals surface area contributed by atoms with Crippen molar-refractivity contribution in [3.05, 3.63) is 16.6 Å². The lowest BCUT2D eigenvalue weighted by atomic mass is 9.98. The van der Waals surface area contributed by atoms with Crippen molar-refractivity contribution in [3.63, 3.8) is 0 Å². The van der Waals surface area contributed by atoms with Crippen molar-refractivity contribution in [3.8, 4) is 0 Å². The first-order valence-electron chi connectivity index (χ1n) is 5.55. The maximum Gasteiger partial charge on any atom is 0.109 e. The minimum absolute atomic E-state index is 0.321. The van der Waals surface area contributed by atoms with Crippen LogP contribution in [0.15, 0.2) is 11.6 Å². The Balaban J connectivity index is 1.98. The minimum atomic E-state index is 0.321. The fourth-order valence-corrected chi connectivity index (χ4v) is 2.92. The SMILES string of the molecule is C[C@@H](c1nccs1)N1CCC[C@H](CO)C1. The third kappa shape index (κ3) is 2.56. The number of hydrogen-bond acceptors (Lipinski definition) is 4. The molecule has 1 saturated heterocycles. The van der Waals surface area contributed by atoms with Crippen molar-refractivity contribution < 1.29 is 5.11 Å². The van der Waals surface area contributed by atoms with Crippen molar-refractivity contribution in [2.45, 2.75) is 25.8 Å². The van der Waals surface area contributed by atoms with E-state index < -0.39 is 0 Å². The highest BCUT2D eigenvalue weighted by Crippen LogP contribution is 2.27. The van der Waals surface area contributed by atoms with Crippen LogP contribution in [-0.2, 0) is 0 Å². The first-order valence-corrected chi connectivity index (χ1v) is 6.43. The number of nitrogens with zero attached hydrogens (tertiary/aromatic N) is 2. The lowest BCUT2D eigenvalue weighted by Gasteiger charge is -2.35. The van der Waals surface area contributed by atoms with E-state index in [1.165, 1.54) is 11.4 Å². The second-order valence-corrected chi connectivity index (χ2v) is 5.16. The molecule has 0 amide bonds. The molecule has 1 aromatic rings. The summed E-state index contributed by atoms with van der Waals surface area (Å²) in [4.78, 5) is 6.79. The molecule has 0 spiro atoms. The van der Waals surface area contributed by atoms with Crippen LogP contribution in [0.5, 0.6) is 0 Å². The summed E-state index contributed by atoms with van der Waals surface area (Å²) in [6, 6.07) is 0.402. The average molecular weight is 226 g/mol. The Kier molecular flexibility index (Phi) is 3.72. The van der Waals surface area contributed by atoms with Gasteiger partial charge in [0.25, 0.3) is 0 Å². The molecular weight excluding hydrogens is 208 g/mol. The fraction of sp³-hybridized carbons (Fsp3) is 0.727. The van der Waals surface area contributed by atoms with Crippen LogP contribution in [0.3, 0.4) is 0 Å². The van der Waals surface area contributed by atoms with Crippen molar-refractivity contribution >= 4 is 11.3 Å². The van der Waals surface area contributed by atoms with Gasteiger partial charge in [-0.1, -0.05) is 0 Å². The zero-order valence-electron chi connectivity index (χ0n) is 9.09. The molecule has 15 heavy (non-hydrogen) atoms. The lowest BCUT2D eigenvalue weighted by molar-refractivity contribution is 0.0935. The quantitative estimate of drug-likeness (QED) is 0.855. The number of piperidine rings is 1. The summed E-state index contributed by atoms with van der Waals surface area (Å²) < 4.78 is 0. The molecular formula is C11H18N2OS. The highest BCUT2D eigenvalue weighted by Gasteiger charge is 2.24. The standard InChI is InChI=1S/C11H18N2OS/c1-9(11-12-4-6-15-11)13-5-2-3-10(7-13)8-14/h4,6,9-10,14H,2-3,5,7-8H2,1H3/t9-,10-/m0/s1. The summed E-state index contributed by atoms with van der Waals surface area (Å²) in [5.74, 6) is 0.459. The van der Waals surface area contributed by atoms with E-state index in [1.54, 1.807) is 11.3 Å². The zero-order chi connectivity index (χ0) is 10.7. The molecule has 0 unspecified atom stereocenters. The van der Waals surface area contributed by atoms with E-state index in [-0.39, 0.29) is 0 Å². The van der Waals surface area contributed by atoms with Gasteiger partial charge in [0.15, 0.2) is 0 Å². The van der Waals surface area contributed by atoms with E-state index in [2.05, 4.69) is 16.8 Å². The van der Waals surface area contributed by atoms with E-state index in [4.69, 9.17) is 0 Å². The molecule has 1 fully saturated rings. The van der Waals surface area contributed by atoms with Crippen LogP contribution in [0.4, 0.5) is 0 Å². The molecule has 1 aliphatic rings. The van der Waals surface area contributed by atoms with E-state index in [1.807, 2.05) is 11.6 Å². The Morgan fingerprint density at radius 1 is 1.73 bits per heavy atom. The summed E-state index contributed by atoms with van der Waals surface area (Å²) in [6.45, 7) is 4.67. The van der Waals surface area contributed by atoms with Crippen LogP contribution >= 0.6 is 11.3 Å². The van der Waals surface area contributed by atoms with Gasteiger partial charge in [-0.05, 0) is 32.2 Å². The van der Waals surface area contributed by atoms with Gasteiger partial charge in [-0.3, -0.25) is 4.90 Å². The molecule has 2 atom stereocenters. The fourth-order valence-electron chi connectivity index (χ4n) is 2.20. The first kappa shape index (κ1) is 11.0. The van der Waals surface area contributed by atoms with Crippen molar-refractivity contribution in [2.75, 3.05) is 19.7 Å². The number of likely N-dealkylation sites (tertiary alicyclic amines) is 1. The van der Waals surface area contributed by atoms with E-state index in [0.717, 1.165) is 19.5 Å². The molecule has 0 saturated carbocycles. The third-order valence-corrected chi connectivity index (χ3v) is 4.11. The third-order valence-electron chi connectivity index (χ3n) is 3.17. The van der Waals surface area contributed by atoms with Gasteiger partial charge in [0.05, 0.1) is 6.04 Å². The molecule has 0 aromatic carbocycles. The number of thiazole rings is 1. The molecule has 1 N–H and O–H groups in total. The number of rotatable bonds is 3. The Morgan fingerprint density at radius 2 is 2.60 bits per heavy atom. The van der Waals surface area contributed by atoms with Gasteiger partial charge >= 0.3 is 0 Å². The topological polar surface area (TPSA) is 36.4 Å². The van der Waals surface area contributed by atoms with E-state index in [9.17, 15) is 5.11 Å². The van der Waals surface area contributed by atoms with Gasteiger partial charge in [-0.25, -0.2) is 4.98 Å². The van der Waals surface area contributed by atoms with E-state index in [0.29, 0.717) is 18.6 Å². The van der Waals surface area contributed by atoms with Gasteiger partial charge in [0.1, 0.15) is 5.01 Å². The van der Waals surface area contributed by atoms with Crippen molar-refractivity contribution in [1.29, 1.82) is 0 Å². The number of aromatic nitrogens is 1. The lowest BCUT2D eigenvalue weighted by Crippen LogP contribution is -2.38. The number of hydrogen-bond donors (Lipinski definition) is 1. The average Bonchev–Trinajstić information content (AvgIpc) is 2.81. The maximum atomic E-state index is 9.18. The first-order chi connectivity index (χ1) is 7.31. The van der Waals surface area contributed by atoms with Crippen LogP contribution < -0.4 is 0 Å². The molecule has 2 rings (SSSR count). The predicted octanol–water partition coefficient (Wildman–Crippen LogP) is 1.91. The Hall–Kier alpha value is -0.450. The highest BCUT2D eigenvalue weighted by atomic mass is 32.1.